The number of hydrogen-bond acceptors (Lipinski definition) is 5. The molecule has 2 rings (SSSR count). The molecule has 0 N–H and O–H groups in total. The minimum atomic E-state index is -0.688. The van der Waals surface area contributed by atoms with Gasteiger partial charge < -0.3 is 15.0 Å². The van der Waals surface area contributed by atoms with Gasteiger partial charge in [-0.1, -0.05) is 0 Å². The molecule has 0 unspecified atom stereocenters. The molecule has 1 amide bonds. The van der Waals surface area contributed by atoms with Gasteiger partial charge in [0.2, 0.25) is 5.91 Å². The number of rotatable bonds is 3. The highest BCUT2D eigenvalue weighted by Crippen LogP contribution is 2.14. The van der Waals surface area contributed by atoms with Crippen molar-refractivity contribution in [1.29, 1.82) is 0 Å². The van der Waals surface area contributed by atoms with E-state index >= 15 is 0 Å². The normalized spacial score (nSPS) is 15.7. The summed E-state index contributed by atoms with van der Waals surface area (Å²) in [7, 11) is 0. The van der Waals surface area contributed by atoms with Crippen molar-refractivity contribution in [3.63, 3.8) is 0 Å². The molecule has 9 heteroatoms. The summed E-state index contributed by atoms with van der Waals surface area (Å²) >= 11 is 3.05. The number of amides is 1. The highest BCUT2D eigenvalue weighted by molar-refractivity contribution is 9.10. The maximum absolute atomic E-state index is 11.9. The van der Waals surface area contributed by atoms with Crippen LogP contribution in [0.4, 0.5) is 5.95 Å². The number of aromatic nitrogens is 3. The van der Waals surface area contributed by atoms with E-state index in [1.807, 2.05) is 0 Å². The number of likely N-dealkylation sites (tertiary alicyclic amines) is 1. The van der Waals surface area contributed by atoms with E-state index in [9.17, 15) is 14.9 Å². The molecular weight excluding hydrogens is 306 g/mol. The van der Waals surface area contributed by atoms with Crippen molar-refractivity contribution in [3.8, 4) is 0 Å². The zero-order chi connectivity index (χ0) is 13.1. The van der Waals surface area contributed by atoms with Crippen LogP contribution in [0.5, 0.6) is 0 Å². The van der Waals surface area contributed by atoms with Crippen molar-refractivity contribution in [2.24, 2.45) is 0 Å². The Labute approximate surface area is 111 Å². The largest absolute Gasteiger partial charge is 0.492 e. The van der Waals surface area contributed by atoms with Crippen LogP contribution in [0.25, 0.3) is 0 Å². The average Bonchev–Trinajstić information content (AvgIpc) is 2.72. The lowest BCUT2D eigenvalue weighted by molar-refractivity contribution is -0.394. The molecular formula is C9H12BrN5O3. The van der Waals surface area contributed by atoms with Gasteiger partial charge in [-0.25, -0.2) is 0 Å². The van der Waals surface area contributed by atoms with Gasteiger partial charge in [-0.3, -0.25) is 4.79 Å². The second kappa shape index (κ2) is 5.42. The van der Waals surface area contributed by atoms with E-state index in [1.54, 1.807) is 4.90 Å². The highest BCUT2D eigenvalue weighted by Gasteiger charge is 2.24. The molecule has 1 aromatic rings. The van der Waals surface area contributed by atoms with Gasteiger partial charge in [-0.2, -0.15) is 4.68 Å². The summed E-state index contributed by atoms with van der Waals surface area (Å²) in [6.45, 7) is 1.46. The summed E-state index contributed by atoms with van der Waals surface area (Å²) in [5, 5.41) is 14.2. The molecule has 1 aliphatic rings. The van der Waals surface area contributed by atoms with Crippen molar-refractivity contribution in [3.05, 3.63) is 14.8 Å². The number of carbonyl (C=O) groups excluding carboxylic acids is 1. The van der Waals surface area contributed by atoms with Crippen LogP contribution in [0.15, 0.2) is 4.73 Å². The number of nitrogens with zero attached hydrogens (tertiary/aromatic N) is 5. The van der Waals surface area contributed by atoms with Crippen LogP contribution in [-0.4, -0.2) is 43.6 Å². The molecule has 0 atom stereocenters. The molecule has 1 aromatic heterocycles. The number of hydrogen-bond donors (Lipinski definition) is 0. The van der Waals surface area contributed by atoms with Gasteiger partial charge in [0.1, 0.15) is 6.54 Å². The number of nitro groups is 1. The molecule has 0 bridgehead atoms. The third-order valence-electron chi connectivity index (χ3n) is 2.77. The van der Waals surface area contributed by atoms with Crippen LogP contribution >= 0.6 is 15.9 Å². The van der Waals surface area contributed by atoms with E-state index in [4.69, 9.17) is 0 Å². The van der Waals surface area contributed by atoms with Gasteiger partial charge >= 0.3 is 5.95 Å². The number of piperidine rings is 1. The van der Waals surface area contributed by atoms with E-state index in [2.05, 4.69) is 26.0 Å². The summed E-state index contributed by atoms with van der Waals surface area (Å²) in [6.07, 6.45) is 3.15. The van der Waals surface area contributed by atoms with E-state index in [1.165, 1.54) is 4.68 Å². The van der Waals surface area contributed by atoms with Gasteiger partial charge in [0.15, 0.2) is 0 Å². The summed E-state index contributed by atoms with van der Waals surface area (Å²) in [4.78, 5) is 27.1. The fourth-order valence-electron chi connectivity index (χ4n) is 1.86. The fourth-order valence-corrected chi connectivity index (χ4v) is 2.22. The average molecular weight is 318 g/mol. The molecule has 2 heterocycles. The lowest BCUT2D eigenvalue weighted by Crippen LogP contribution is -2.38. The Kier molecular flexibility index (Phi) is 3.90. The summed E-state index contributed by atoms with van der Waals surface area (Å²) < 4.78 is 1.40. The lowest BCUT2D eigenvalue weighted by Gasteiger charge is -2.26. The highest BCUT2D eigenvalue weighted by atomic mass is 79.9. The molecule has 1 fully saturated rings. The minimum Gasteiger partial charge on any atom is -0.390 e. The van der Waals surface area contributed by atoms with Gasteiger partial charge in [0, 0.05) is 34.1 Å². The summed E-state index contributed by atoms with van der Waals surface area (Å²) in [5.74, 6) is -0.594. The Morgan fingerprint density at radius 2 is 2.06 bits per heavy atom. The van der Waals surface area contributed by atoms with E-state index in [0.29, 0.717) is 0 Å². The quantitative estimate of drug-likeness (QED) is 0.611. The van der Waals surface area contributed by atoms with Gasteiger partial charge in [0.25, 0.3) is 4.73 Å². The maximum Gasteiger partial charge on any atom is 0.492 e. The fraction of sp³-hybridized carbons (Fsp3) is 0.667. The van der Waals surface area contributed by atoms with Crippen LogP contribution in [0.3, 0.4) is 0 Å². The predicted octanol–water partition coefficient (Wildman–Crippen LogP) is 0.961. The van der Waals surface area contributed by atoms with Crippen LogP contribution in [0.2, 0.25) is 0 Å². The Morgan fingerprint density at radius 1 is 1.39 bits per heavy atom. The Balaban J connectivity index is 2.04. The van der Waals surface area contributed by atoms with Crippen LogP contribution < -0.4 is 0 Å². The second-order valence-corrected chi connectivity index (χ2v) is 4.75. The molecule has 0 radical (unpaired) electrons. The molecule has 0 aromatic carbocycles. The second-order valence-electron chi connectivity index (χ2n) is 4.04. The first-order valence-corrected chi connectivity index (χ1v) is 6.40. The van der Waals surface area contributed by atoms with Crippen molar-refractivity contribution in [2.75, 3.05) is 13.1 Å². The summed E-state index contributed by atoms with van der Waals surface area (Å²) in [5.41, 5.74) is 0. The summed E-state index contributed by atoms with van der Waals surface area (Å²) in [6, 6.07) is 0. The Morgan fingerprint density at radius 3 is 2.61 bits per heavy atom. The van der Waals surface area contributed by atoms with Crippen molar-refractivity contribution in [2.45, 2.75) is 25.8 Å². The molecule has 18 heavy (non-hydrogen) atoms. The topological polar surface area (TPSA) is 94.2 Å². The van der Waals surface area contributed by atoms with Crippen LogP contribution in [0.1, 0.15) is 19.3 Å². The number of carbonyl (C=O) groups is 1. The van der Waals surface area contributed by atoms with Crippen molar-refractivity contribution < 1.29 is 9.72 Å². The molecule has 1 saturated heterocycles. The first-order valence-electron chi connectivity index (χ1n) is 5.60. The van der Waals surface area contributed by atoms with E-state index in [0.717, 1.165) is 32.4 Å². The minimum absolute atomic E-state index is 0.0264. The van der Waals surface area contributed by atoms with E-state index < -0.39 is 10.9 Å². The first-order chi connectivity index (χ1) is 8.58. The van der Waals surface area contributed by atoms with Gasteiger partial charge in [-0.05, 0) is 29.2 Å². The Bertz CT molecular complexity index is 469. The molecule has 0 aliphatic carbocycles. The first kappa shape index (κ1) is 12.9. The lowest BCUT2D eigenvalue weighted by atomic mass is 10.1. The standard InChI is InChI=1S/C9H12BrN5O3/c10-8-11-9(15(17)18)12-14(8)6-7(16)13-4-2-1-3-5-13/h1-6H2. The van der Waals surface area contributed by atoms with Crippen molar-refractivity contribution >= 4 is 27.8 Å². The zero-order valence-electron chi connectivity index (χ0n) is 9.58. The number of halogens is 1. The van der Waals surface area contributed by atoms with Crippen molar-refractivity contribution in [1.82, 2.24) is 19.7 Å². The molecule has 0 spiro atoms. The molecule has 0 saturated carbocycles. The zero-order valence-corrected chi connectivity index (χ0v) is 11.2. The maximum atomic E-state index is 11.9. The molecule has 1 aliphatic heterocycles. The third kappa shape index (κ3) is 2.84. The van der Waals surface area contributed by atoms with Crippen LogP contribution in [0, 0.1) is 10.1 Å². The van der Waals surface area contributed by atoms with Gasteiger partial charge in [0.05, 0.1) is 0 Å². The monoisotopic (exact) mass is 317 g/mol. The van der Waals surface area contributed by atoms with E-state index in [-0.39, 0.29) is 17.2 Å². The predicted molar refractivity (Wildman–Crippen MR) is 64.8 cm³/mol. The van der Waals surface area contributed by atoms with Gasteiger partial charge in [-0.15, -0.1) is 0 Å². The molecule has 98 valence electrons. The SMILES string of the molecule is O=C(Cn1nc([N+](=O)[O-])nc1Br)N1CCCCC1. The van der Waals surface area contributed by atoms with Crippen LogP contribution in [-0.2, 0) is 11.3 Å². The third-order valence-corrected chi connectivity index (χ3v) is 3.36. The Hall–Kier alpha value is -1.51. The molecule has 8 nitrogen and oxygen atoms in total. The smallest absolute Gasteiger partial charge is 0.390 e.